The van der Waals surface area contributed by atoms with E-state index in [9.17, 15) is 9.90 Å². The lowest BCUT2D eigenvalue weighted by Crippen LogP contribution is -2.30. The number of carbonyl (C=O) groups is 1. The van der Waals surface area contributed by atoms with Gasteiger partial charge in [-0.2, -0.15) is 0 Å². The topological polar surface area (TPSA) is 60.8 Å². The first-order valence-electron chi connectivity index (χ1n) is 5.16. The van der Waals surface area contributed by atoms with Gasteiger partial charge in [-0.05, 0) is 18.8 Å². The van der Waals surface area contributed by atoms with Crippen LogP contribution < -0.4 is 0 Å². The van der Waals surface area contributed by atoms with Crippen LogP contribution >= 0.6 is 0 Å². The van der Waals surface area contributed by atoms with Crippen molar-refractivity contribution in [3.63, 3.8) is 0 Å². The van der Waals surface area contributed by atoms with Crippen LogP contribution in [0.1, 0.15) is 26.7 Å². The molecule has 1 unspecified atom stereocenters. The Morgan fingerprint density at radius 1 is 1.57 bits per heavy atom. The molecule has 4 heteroatoms. The van der Waals surface area contributed by atoms with E-state index in [0.717, 1.165) is 12.8 Å². The molecule has 0 aromatic rings. The number of amides is 1. The lowest BCUT2D eigenvalue weighted by Gasteiger charge is -2.19. The van der Waals surface area contributed by atoms with E-state index < -0.39 is 6.09 Å². The Labute approximate surface area is 84.5 Å². The summed E-state index contributed by atoms with van der Waals surface area (Å²) in [5.74, 6) is 0.595. The second kappa shape index (κ2) is 4.64. The molecule has 82 valence electrons. The van der Waals surface area contributed by atoms with Gasteiger partial charge >= 0.3 is 6.09 Å². The van der Waals surface area contributed by atoms with Crippen molar-refractivity contribution < 1.29 is 15.0 Å². The van der Waals surface area contributed by atoms with E-state index in [0.29, 0.717) is 19.0 Å². The molecule has 0 radical (unpaired) electrons. The molecule has 0 spiro atoms. The molecule has 2 atom stereocenters. The summed E-state index contributed by atoms with van der Waals surface area (Å²) in [7, 11) is 0. The van der Waals surface area contributed by atoms with E-state index in [-0.39, 0.29) is 12.0 Å². The molecule has 0 bridgehead atoms. The second-order valence-electron chi connectivity index (χ2n) is 4.47. The van der Waals surface area contributed by atoms with Gasteiger partial charge < -0.3 is 15.1 Å². The number of hydrogen-bond donors (Lipinski definition) is 2. The molecule has 14 heavy (non-hydrogen) atoms. The number of nitrogens with zero attached hydrogens (tertiary/aromatic N) is 1. The van der Waals surface area contributed by atoms with Gasteiger partial charge in [0, 0.05) is 19.0 Å². The van der Waals surface area contributed by atoms with Crippen LogP contribution in [0.25, 0.3) is 0 Å². The van der Waals surface area contributed by atoms with Crippen molar-refractivity contribution >= 4 is 6.09 Å². The monoisotopic (exact) mass is 201 g/mol. The van der Waals surface area contributed by atoms with Crippen molar-refractivity contribution in [1.82, 2.24) is 4.90 Å². The number of carboxylic acid groups (broad SMARTS) is 1. The Kier molecular flexibility index (Phi) is 3.75. The highest BCUT2D eigenvalue weighted by Gasteiger charge is 2.30. The van der Waals surface area contributed by atoms with Crippen LogP contribution in [0.15, 0.2) is 0 Å². The predicted octanol–water partition coefficient (Wildman–Crippen LogP) is 1.39. The maximum Gasteiger partial charge on any atom is 0.407 e. The van der Waals surface area contributed by atoms with Crippen LogP contribution in [0.2, 0.25) is 0 Å². The number of likely N-dealkylation sites (tertiary alicyclic amines) is 1. The summed E-state index contributed by atoms with van der Waals surface area (Å²) < 4.78 is 0. The molecule has 4 nitrogen and oxygen atoms in total. The van der Waals surface area contributed by atoms with Crippen molar-refractivity contribution in [2.75, 3.05) is 13.1 Å². The van der Waals surface area contributed by atoms with Gasteiger partial charge in [-0.25, -0.2) is 4.79 Å². The van der Waals surface area contributed by atoms with E-state index in [1.807, 2.05) is 0 Å². The van der Waals surface area contributed by atoms with Gasteiger partial charge in [0.15, 0.2) is 0 Å². The number of aliphatic hydroxyl groups is 1. The lowest BCUT2D eigenvalue weighted by atomic mass is 9.94. The Morgan fingerprint density at radius 3 is 2.64 bits per heavy atom. The highest BCUT2D eigenvalue weighted by atomic mass is 16.4. The molecule has 0 aromatic carbocycles. The summed E-state index contributed by atoms with van der Waals surface area (Å²) in [5.41, 5.74) is 0. The van der Waals surface area contributed by atoms with Crippen LogP contribution in [0, 0.1) is 11.8 Å². The fourth-order valence-corrected chi connectivity index (χ4v) is 1.95. The fourth-order valence-electron chi connectivity index (χ4n) is 1.95. The minimum Gasteiger partial charge on any atom is -0.465 e. The molecule has 1 fully saturated rings. The standard InChI is InChI=1S/C10H19NO3/c1-7(2)5-9(12)8-3-4-11(6-8)10(13)14/h7-9,12H,3-6H2,1-2H3,(H,13,14)/t8-,9?/m0/s1. The van der Waals surface area contributed by atoms with Gasteiger partial charge in [0.1, 0.15) is 0 Å². The zero-order valence-electron chi connectivity index (χ0n) is 8.81. The van der Waals surface area contributed by atoms with Crippen molar-refractivity contribution in [2.45, 2.75) is 32.8 Å². The van der Waals surface area contributed by atoms with E-state index in [2.05, 4.69) is 13.8 Å². The maximum atomic E-state index is 10.6. The minimum atomic E-state index is -0.871. The van der Waals surface area contributed by atoms with Crippen LogP contribution in [0.5, 0.6) is 0 Å². The molecule has 2 N–H and O–H groups in total. The SMILES string of the molecule is CC(C)CC(O)[C@H]1CCN(C(=O)O)C1. The number of aliphatic hydroxyl groups excluding tert-OH is 1. The molecular formula is C10H19NO3. The second-order valence-corrected chi connectivity index (χ2v) is 4.47. The zero-order chi connectivity index (χ0) is 10.7. The van der Waals surface area contributed by atoms with Crippen LogP contribution in [0.4, 0.5) is 4.79 Å². The maximum absolute atomic E-state index is 10.6. The van der Waals surface area contributed by atoms with Crippen LogP contribution in [-0.2, 0) is 0 Å². The first-order valence-corrected chi connectivity index (χ1v) is 5.16. The molecule has 1 aliphatic heterocycles. The molecule has 1 heterocycles. The largest absolute Gasteiger partial charge is 0.465 e. The van der Waals surface area contributed by atoms with Crippen molar-refractivity contribution in [3.05, 3.63) is 0 Å². The average molecular weight is 201 g/mol. The smallest absolute Gasteiger partial charge is 0.407 e. The van der Waals surface area contributed by atoms with Gasteiger partial charge in [0.05, 0.1) is 6.10 Å². The molecule has 1 aliphatic rings. The number of rotatable bonds is 3. The van der Waals surface area contributed by atoms with Gasteiger partial charge in [-0.15, -0.1) is 0 Å². The zero-order valence-corrected chi connectivity index (χ0v) is 8.81. The van der Waals surface area contributed by atoms with E-state index in [4.69, 9.17) is 5.11 Å². The minimum absolute atomic E-state index is 0.133. The van der Waals surface area contributed by atoms with Gasteiger partial charge in [-0.1, -0.05) is 13.8 Å². The molecule has 1 saturated heterocycles. The normalized spacial score (nSPS) is 24.3. The van der Waals surface area contributed by atoms with Gasteiger partial charge in [0.2, 0.25) is 0 Å². The average Bonchev–Trinajstić information content (AvgIpc) is 2.50. The molecule has 0 aliphatic carbocycles. The summed E-state index contributed by atoms with van der Waals surface area (Å²) in [6, 6.07) is 0. The highest BCUT2D eigenvalue weighted by Crippen LogP contribution is 2.23. The molecule has 0 aromatic heterocycles. The van der Waals surface area contributed by atoms with Gasteiger partial charge in [0.25, 0.3) is 0 Å². The van der Waals surface area contributed by atoms with E-state index in [1.54, 1.807) is 0 Å². The van der Waals surface area contributed by atoms with E-state index in [1.165, 1.54) is 4.90 Å². The van der Waals surface area contributed by atoms with Crippen LogP contribution in [0.3, 0.4) is 0 Å². The van der Waals surface area contributed by atoms with Crippen molar-refractivity contribution in [3.8, 4) is 0 Å². The van der Waals surface area contributed by atoms with Gasteiger partial charge in [-0.3, -0.25) is 0 Å². The first-order chi connectivity index (χ1) is 6.50. The molecule has 0 saturated carbocycles. The van der Waals surface area contributed by atoms with Crippen LogP contribution in [-0.4, -0.2) is 40.4 Å². The Morgan fingerprint density at radius 2 is 2.21 bits per heavy atom. The summed E-state index contributed by atoms with van der Waals surface area (Å²) in [5, 5.41) is 18.5. The Bertz CT molecular complexity index is 206. The molecule has 1 rings (SSSR count). The lowest BCUT2D eigenvalue weighted by molar-refractivity contribution is 0.0881. The number of hydrogen-bond acceptors (Lipinski definition) is 2. The third-order valence-electron chi connectivity index (χ3n) is 2.75. The molecule has 1 amide bonds. The first kappa shape index (κ1) is 11.3. The third kappa shape index (κ3) is 2.87. The highest BCUT2D eigenvalue weighted by molar-refractivity contribution is 5.65. The quantitative estimate of drug-likeness (QED) is 0.725. The summed E-state index contributed by atoms with van der Waals surface area (Å²) >= 11 is 0. The third-order valence-corrected chi connectivity index (χ3v) is 2.75. The molecular weight excluding hydrogens is 182 g/mol. The summed E-state index contributed by atoms with van der Waals surface area (Å²) in [6.07, 6.45) is 0.335. The summed E-state index contributed by atoms with van der Waals surface area (Å²) in [6.45, 7) is 5.18. The predicted molar refractivity (Wildman–Crippen MR) is 53.2 cm³/mol. The van der Waals surface area contributed by atoms with Crippen molar-refractivity contribution in [2.24, 2.45) is 11.8 Å². The summed E-state index contributed by atoms with van der Waals surface area (Å²) in [4.78, 5) is 12.0. The Hall–Kier alpha value is -0.770. The Balaban J connectivity index is 2.37. The van der Waals surface area contributed by atoms with E-state index >= 15 is 0 Å². The fraction of sp³-hybridized carbons (Fsp3) is 0.900. The van der Waals surface area contributed by atoms with Crippen molar-refractivity contribution in [1.29, 1.82) is 0 Å².